The summed E-state index contributed by atoms with van der Waals surface area (Å²) in [5.41, 5.74) is -1.38. The maximum Gasteiger partial charge on any atom is 0.416 e. The molecule has 0 aliphatic carbocycles. The molecule has 1 aromatic heterocycles. The fourth-order valence-corrected chi connectivity index (χ4v) is 2.26. The summed E-state index contributed by atoms with van der Waals surface area (Å²) in [7, 11) is 0. The summed E-state index contributed by atoms with van der Waals surface area (Å²) in [6, 6.07) is 8.94. The molecular weight excluding hydrogens is 376 g/mol. The molecule has 1 N–H and O–H groups in total. The molecular formula is C17H11F6N3O. The highest BCUT2D eigenvalue weighted by Gasteiger charge is 2.31. The molecule has 142 valence electrons. The highest BCUT2D eigenvalue weighted by atomic mass is 19.4. The van der Waals surface area contributed by atoms with Gasteiger partial charge in [0.25, 0.3) is 0 Å². The highest BCUT2D eigenvalue weighted by Crippen LogP contribution is 2.32. The minimum atomic E-state index is -4.51. The number of anilines is 1. The summed E-state index contributed by atoms with van der Waals surface area (Å²) in [4.78, 5) is 3.96. The van der Waals surface area contributed by atoms with Crippen LogP contribution in [0.15, 0.2) is 53.1 Å². The van der Waals surface area contributed by atoms with E-state index in [9.17, 15) is 26.3 Å². The molecule has 0 aliphatic rings. The zero-order valence-electron chi connectivity index (χ0n) is 13.4. The lowest BCUT2D eigenvalue weighted by Gasteiger charge is -2.09. The van der Waals surface area contributed by atoms with Crippen molar-refractivity contribution in [3.05, 3.63) is 65.5 Å². The zero-order chi connectivity index (χ0) is 19.7. The Hall–Kier alpha value is -3.04. The monoisotopic (exact) mass is 387 g/mol. The quantitative estimate of drug-likeness (QED) is 0.610. The van der Waals surface area contributed by atoms with Crippen molar-refractivity contribution in [2.24, 2.45) is 0 Å². The first-order chi connectivity index (χ1) is 12.6. The second-order valence-electron chi connectivity index (χ2n) is 5.52. The zero-order valence-corrected chi connectivity index (χ0v) is 13.4. The maximum atomic E-state index is 12.8. The number of rotatable bonds is 4. The molecule has 0 spiro atoms. The predicted octanol–water partition coefficient (Wildman–Crippen LogP) is 5.39. The number of alkyl halides is 6. The summed E-state index contributed by atoms with van der Waals surface area (Å²) in [6.07, 6.45) is -8.98. The smallest absolute Gasteiger partial charge is 0.376 e. The van der Waals surface area contributed by atoms with E-state index in [2.05, 4.69) is 15.5 Å². The van der Waals surface area contributed by atoms with Gasteiger partial charge in [0.05, 0.1) is 17.7 Å². The number of hydrogen-bond donors (Lipinski definition) is 1. The molecule has 10 heteroatoms. The third-order valence-corrected chi connectivity index (χ3v) is 3.55. The molecule has 0 bridgehead atoms. The second-order valence-corrected chi connectivity index (χ2v) is 5.52. The van der Waals surface area contributed by atoms with E-state index in [1.807, 2.05) is 0 Å². The highest BCUT2D eigenvalue weighted by molar-refractivity contribution is 5.56. The largest absolute Gasteiger partial charge is 0.416 e. The Morgan fingerprint density at radius 2 is 1.48 bits per heavy atom. The summed E-state index contributed by atoms with van der Waals surface area (Å²) in [6.45, 7) is -0.0900. The van der Waals surface area contributed by atoms with Gasteiger partial charge in [-0.1, -0.05) is 23.4 Å². The molecule has 1 heterocycles. The molecule has 0 saturated heterocycles. The molecule has 0 unspecified atom stereocenters. The lowest BCUT2D eigenvalue weighted by molar-refractivity contribution is -0.138. The summed E-state index contributed by atoms with van der Waals surface area (Å²) in [5.74, 6) is -0.0400. The van der Waals surface area contributed by atoms with Crippen LogP contribution in [0.5, 0.6) is 0 Å². The first-order valence-corrected chi connectivity index (χ1v) is 7.54. The minimum Gasteiger partial charge on any atom is -0.376 e. The Bertz CT molecular complexity index is 933. The summed E-state index contributed by atoms with van der Waals surface area (Å²) >= 11 is 0. The summed E-state index contributed by atoms with van der Waals surface area (Å²) < 4.78 is 81.3. The molecule has 0 atom stereocenters. The van der Waals surface area contributed by atoms with Gasteiger partial charge < -0.3 is 9.84 Å². The van der Waals surface area contributed by atoms with Crippen molar-refractivity contribution in [1.29, 1.82) is 0 Å². The molecule has 0 amide bonds. The van der Waals surface area contributed by atoms with Gasteiger partial charge in [0.1, 0.15) is 0 Å². The number of nitrogens with zero attached hydrogens (tertiary/aromatic N) is 2. The second kappa shape index (κ2) is 6.93. The van der Waals surface area contributed by atoms with Crippen LogP contribution in [0.2, 0.25) is 0 Å². The normalized spacial score (nSPS) is 12.2. The van der Waals surface area contributed by atoms with Gasteiger partial charge in [-0.25, -0.2) is 0 Å². The average molecular weight is 387 g/mol. The first-order valence-electron chi connectivity index (χ1n) is 7.54. The van der Waals surface area contributed by atoms with E-state index in [-0.39, 0.29) is 29.5 Å². The summed E-state index contributed by atoms with van der Waals surface area (Å²) in [5, 5.41) is 6.30. The molecule has 3 rings (SSSR count). The molecule has 2 aromatic carbocycles. The molecule has 0 radical (unpaired) electrons. The van der Waals surface area contributed by atoms with E-state index < -0.39 is 23.5 Å². The van der Waals surface area contributed by atoms with Crippen LogP contribution < -0.4 is 5.32 Å². The van der Waals surface area contributed by atoms with Gasteiger partial charge in [0.2, 0.25) is 11.7 Å². The first kappa shape index (κ1) is 18.7. The van der Waals surface area contributed by atoms with Crippen molar-refractivity contribution in [1.82, 2.24) is 10.1 Å². The van der Waals surface area contributed by atoms with E-state index in [1.54, 1.807) is 0 Å². The number of halogens is 6. The molecule has 0 fully saturated rings. The number of aromatic nitrogens is 2. The fourth-order valence-electron chi connectivity index (χ4n) is 2.26. The molecule has 3 aromatic rings. The van der Waals surface area contributed by atoms with Crippen molar-refractivity contribution in [2.45, 2.75) is 18.9 Å². The van der Waals surface area contributed by atoms with Gasteiger partial charge in [0.15, 0.2) is 0 Å². The lowest BCUT2D eigenvalue weighted by Crippen LogP contribution is -2.06. The number of benzene rings is 2. The van der Waals surface area contributed by atoms with Crippen LogP contribution in [0.3, 0.4) is 0 Å². The number of nitrogens with one attached hydrogen (secondary N) is 1. The third-order valence-electron chi connectivity index (χ3n) is 3.55. The van der Waals surface area contributed by atoms with Crippen molar-refractivity contribution in [2.75, 3.05) is 5.32 Å². The molecule has 0 aliphatic heterocycles. The average Bonchev–Trinajstić information content (AvgIpc) is 3.08. The van der Waals surface area contributed by atoms with E-state index in [0.717, 1.165) is 24.3 Å². The van der Waals surface area contributed by atoms with Crippen LogP contribution in [-0.2, 0) is 18.9 Å². The third kappa shape index (κ3) is 4.57. The topological polar surface area (TPSA) is 51.0 Å². The van der Waals surface area contributed by atoms with Gasteiger partial charge in [-0.05, 0) is 30.3 Å². The van der Waals surface area contributed by atoms with Crippen LogP contribution in [0.1, 0.15) is 17.0 Å². The maximum absolute atomic E-state index is 12.8. The Morgan fingerprint density at radius 3 is 2.15 bits per heavy atom. The Morgan fingerprint density at radius 1 is 0.852 bits per heavy atom. The van der Waals surface area contributed by atoms with Gasteiger partial charge in [-0.3, -0.25) is 0 Å². The van der Waals surface area contributed by atoms with Crippen molar-refractivity contribution in [3.63, 3.8) is 0 Å². The molecule has 4 nitrogen and oxygen atoms in total. The fraction of sp³-hybridized carbons (Fsp3) is 0.176. The van der Waals surface area contributed by atoms with Crippen LogP contribution in [0, 0.1) is 0 Å². The van der Waals surface area contributed by atoms with E-state index >= 15 is 0 Å². The Balaban J connectivity index is 1.72. The van der Waals surface area contributed by atoms with E-state index in [0.29, 0.717) is 0 Å². The Labute approximate surface area is 148 Å². The van der Waals surface area contributed by atoms with Crippen LogP contribution in [0.25, 0.3) is 11.4 Å². The van der Waals surface area contributed by atoms with Gasteiger partial charge in [-0.2, -0.15) is 31.3 Å². The van der Waals surface area contributed by atoms with Gasteiger partial charge in [0, 0.05) is 11.3 Å². The molecule has 0 saturated carbocycles. The van der Waals surface area contributed by atoms with Crippen molar-refractivity contribution >= 4 is 5.69 Å². The van der Waals surface area contributed by atoms with Crippen molar-refractivity contribution in [3.8, 4) is 11.4 Å². The predicted molar refractivity (Wildman–Crippen MR) is 83.5 cm³/mol. The van der Waals surface area contributed by atoms with E-state index in [4.69, 9.17) is 4.52 Å². The van der Waals surface area contributed by atoms with Crippen molar-refractivity contribution < 1.29 is 30.9 Å². The molecule has 27 heavy (non-hydrogen) atoms. The lowest BCUT2D eigenvalue weighted by atomic mass is 10.1. The Kier molecular flexibility index (Phi) is 4.81. The standard InChI is InChI=1S/C17H11F6N3O/c18-16(19,20)11-4-1-3-10(7-11)15-25-14(27-26-15)9-24-13-6-2-5-12(8-13)17(21,22)23/h1-8,24H,9H2. The minimum absolute atomic E-state index is 0.0137. The van der Waals surface area contributed by atoms with Gasteiger partial charge >= 0.3 is 12.4 Å². The SMILES string of the molecule is FC(F)(F)c1cccc(NCc2nc(-c3cccc(C(F)(F)F)c3)no2)c1. The van der Waals surface area contributed by atoms with E-state index in [1.165, 1.54) is 24.3 Å². The van der Waals surface area contributed by atoms with Crippen LogP contribution in [-0.4, -0.2) is 10.1 Å². The number of hydrogen-bond acceptors (Lipinski definition) is 4. The van der Waals surface area contributed by atoms with Crippen LogP contribution >= 0.6 is 0 Å². The van der Waals surface area contributed by atoms with Gasteiger partial charge in [-0.15, -0.1) is 0 Å². The van der Waals surface area contributed by atoms with Crippen LogP contribution in [0.4, 0.5) is 32.0 Å².